The molecule has 1 aliphatic rings. The van der Waals surface area contributed by atoms with Gasteiger partial charge < -0.3 is 15.2 Å². The molecule has 1 saturated heterocycles. The highest BCUT2D eigenvalue weighted by atomic mass is 16.6. The first-order valence-corrected chi connectivity index (χ1v) is 5.94. The monoisotopic (exact) mass is 250 g/mol. The van der Waals surface area contributed by atoms with Gasteiger partial charge in [-0.2, -0.15) is 0 Å². The maximum absolute atomic E-state index is 11.8. The average molecular weight is 250 g/mol. The minimum absolute atomic E-state index is 0.160. The van der Waals surface area contributed by atoms with Crippen LogP contribution >= 0.6 is 0 Å². The quantitative estimate of drug-likeness (QED) is 0.883. The molecule has 1 heterocycles. The molecular formula is C13H18N2O3. The fourth-order valence-corrected chi connectivity index (χ4v) is 2.00. The van der Waals surface area contributed by atoms with Crippen LogP contribution in [0, 0.1) is 12.8 Å². The molecule has 1 aromatic rings. The highest BCUT2D eigenvalue weighted by molar-refractivity contribution is 5.90. The lowest BCUT2D eigenvalue weighted by Gasteiger charge is -2.32. The van der Waals surface area contributed by atoms with E-state index in [0.717, 1.165) is 11.3 Å². The van der Waals surface area contributed by atoms with Crippen LogP contribution in [0.1, 0.15) is 5.56 Å². The molecule has 5 heteroatoms. The second kappa shape index (κ2) is 5.27. The number of rotatable bonds is 3. The van der Waals surface area contributed by atoms with Gasteiger partial charge in [-0.05, 0) is 24.6 Å². The fourth-order valence-electron chi connectivity index (χ4n) is 2.00. The van der Waals surface area contributed by atoms with Crippen LogP contribution in [0.15, 0.2) is 18.2 Å². The Morgan fingerprint density at radius 1 is 1.56 bits per heavy atom. The van der Waals surface area contributed by atoms with Crippen LogP contribution in [0.25, 0.3) is 0 Å². The number of benzene rings is 1. The van der Waals surface area contributed by atoms with Gasteiger partial charge in [0, 0.05) is 19.0 Å². The van der Waals surface area contributed by atoms with Gasteiger partial charge in [0.1, 0.15) is 5.75 Å². The lowest BCUT2D eigenvalue weighted by atomic mass is 10.1. The van der Waals surface area contributed by atoms with Crippen molar-refractivity contribution in [1.29, 1.82) is 0 Å². The van der Waals surface area contributed by atoms with Gasteiger partial charge in [-0.3, -0.25) is 4.90 Å². The van der Waals surface area contributed by atoms with Crippen molar-refractivity contribution in [3.63, 3.8) is 0 Å². The molecule has 98 valence electrons. The number of amides is 1. The zero-order valence-electron chi connectivity index (χ0n) is 10.7. The summed E-state index contributed by atoms with van der Waals surface area (Å²) in [6.07, 6.45) is -0.344. The Bertz CT molecular complexity index is 448. The number of carbonyl (C=O) groups is 1. The van der Waals surface area contributed by atoms with E-state index >= 15 is 0 Å². The number of cyclic esters (lactones) is 1. The van der Waals surface area contributed by atoms with Gasteiger partial charge in [-0.15, -0.1) is 0 Å². The van der Waals surface area contributed by atoms with E-state index in [-0.39, 0.29) is 12.0 Å². The Labute approximate surface area is 106 Å². The third-order valence-corrected chi connectivity index (χ3v) is 3.06. The van der Waals surface area contributed by atoms with E-state index in [1.54, 1.807) is 12.0 Å². The highest BCUT2D eigenvalue weighted by Crippen LogP contribution is 2.31. The van der Waals surface area contributed by atoms with E-state index in [2.05, 4.69) is 0 Å². The third kappa shape index (κ3) is 2.41. The Kier molecular flexibility index (Phi) is 3.72. The number of nitrogens with two attached hydrogens (primary N) is 1. The summed E-state index contributed by atoms with van der Waals surface area (Å²) in [4.78, 5) is 13.4. The second-order valence-electron chi connectivity index (χ2n) is 4.46. The smallest absolute Gasteiger partial charge is 0.414 e. The summed E-state index contributed by atoms with van der Waals surface area (Å²) in [6, 6.07) is 5.71. The summed E-state index contributed by atoms with van der Waals surface area (Å²) in [6.45, 7) is 3.42. The van der Waals surface area contributed by atoms with Crippen LogP contribution in [0.2, 0.25) is 0 Å². The van der Waals surface area contributed by atoms with Crippen molar-refractivity contribution in [2.75, 3.05) is 31.7 Å². The van der Waals surface area contributed by atoms with Crippen LogP contribution in [0.5, 0.6) is 5.75 Å². The van der Waals surface area contributed by atoms with Gasteiger partial charge in [-0.25, -0.2) is 4.79 Å². The van der Waals surface area contributed by atoms with Gasteiger partial charge in [0.25, 0.3) is 0 Å². The molecule has 18 heavy (non-hydrogen) atoms. The van der Waals surface area contributed by atoms with Crippen molar-refractivity contribution < 1.29 is 14.3 Å². The molecule has 0 aliphatic carbocycles. The fraction of sp³-hybridized carbons (Fsp3) is 0.462. The average Bonchev–Trinajstić information content (AvgIpc) is 2.39. The summed E-state index contributed by atoms with van der Waals surface area (Å²) >= 11 is 0. The first-order valence-electron chi connectivity index (χ1n) is 5.94. The molecule has 1 amide bonds. The van der Waals surface area contributed by atoms with Gasteiger partial charge in [0.05, 0.1) is 19.4 Å². The molecule has 0 radical (unpaired) electrons. The first kappa shape index (κ1) is 12.7. The topological polar surface area (TPSA) is 64.8 Å². The molecule has 2 rings (SSSR count). The minimum Gasteiger partial charge on any atom is -0.495 e. The summed E-state index contributed by atoms with van der Waals surface area (Å²) in [5, 5.41) is 0. The van der Waals surface area contributed by atoms with E-state index in [0.29, 0.717) is 25.4 Å². The first-order chi connectivity index (χ1) is 8.65. The molecule has 0 bridgehead atoms. The van der Waals surface area contributed by atoms with Crippen LogP contribution in [0.4, 0.5) is 10.5 Å². The van der Waals surface area contributed by atoms with E-state index < -0.39 is 0 Å². The lowest BCUT2D eigenvalue weighted by molar-refractivity contribution is 0.117. The number of methoxy groups -OCH3 is 1. The van der Waals surface area contributed by atoms with Crippen molar-refractivity contribution in [2.45, 2.75) is 6.92 Å². The van der Waals surface area contributed by atoms with Crippen molar-refractivity contribution in [3.8, 4) is 5.75 Å². The number of hydrogen-bond donors (Lipinski definition) is 1. The van der Waals surface area contributed by atoms with Gasteiger partial charge in [0.15, 0.2) is 0 Å². The summed E-state index contributed by atoms with van der Waals surface area (Å²) in [7, 11) is 1.59. The predicted molar refractivity (Wildman–Crippen MR) is 69.0 cm³/mol. The Morgan fingerprint density at radius 3 is 3.00 bits per heavy atom. The Balaban J connectivity index is 2.33. The zero-order valence-corrected chi connectivity index (χ0v) is 10.7. The SMILES string of the molecule is COc1ccc(C)cc1N1CC(CN)COC1=O. The van der Waals surface area contributed by atoms with Crippen molar-refractivity contribution in [3.05, 3.63) is 23.8 Å². The molecule has 0 spiro atoms. The molecule has 1 atom stereocenters. The maximum atomic E-state index is 11.8. The third-order valence-electron chi connectivity index (χ3n) is 3.06. The number of aryl methyl sites for hydroxylation is 1. The number of ether oxygens (including phenoxy) is 2. The Morgan fingerprint density at radius 2 is 2.33 bits per heavy atom. The summed E-state index contributed by atoms with van der Waals surface area (Å²) in [5.74, 6) is 0.822. The molecule has 1 fully saturated rings. The van der Waals surface area contributed by atoms with E-state index in [9.17, 15) is 4.79 Å². The minimum atomic E-state index is -0.344. The number of nitrogens with zero attached hydrogens (tertiary/aromatic N) is 1. The van der Waals surface area contributed by atoms with E-state index in [1.807, 2.05) is 25.1 Å². The van der Waals surface area contributed by atoms with Crippen molar-refractivity contribution in [2.24, 2.45) is 11.7 Å². The number of carbonyl (C=O) groups excluding carboxylic acids is 1. The second-order valence-corrected chi connectivity index (χ2v) is 4.46. The largest absolute Gasteiger partial charge is 0.495 e. The van der Waals surface area contributed by atoms with Gasteiger partial charge >= 0.3 is 6.09 Å². The molecule has 0 saturated carbocycles. The van der Waals surface area contributed by atoms with Gasteiger partial charge in [-0.1, -0.05) is 6.07 Å². The molecule has 1 aliphatic heterocycles. The molecule has 1 aromatic carbocycles. The van der Waals surface area contributed by atoms with Crippen LogP contribution in [-0.2, 0) is 4.74 Å². The van der Waals surface area contributed by atoms with E-state index in [4.69, 9.17) is 15.2 Å². The molecule has 5 nitrogen and oxygen atoms in total. The van der Waals surface area contributed by atoms with Crippen LogP contribution < -0.4 is 15.4 Å². The Hall–Kier alpha value is -1.75. The molecule has 2 N–H and O–H groups in total. The summed E-state index contributed by atoms with van der Waals surface area (Å²) in [5.41, 5.74) is 7.44. The molecular weight excluding hydrogens is 232 g/mol. The lowest BCUT2D eigenvalue weighted by Crippen LogP contribution is -2.45. The highest BCUT2D eigenvalue weighted by Gasteiger charge is 2.29. The normalized spacial score (nSPS) is 19.6. The van der Waals surface area contributed by atoms with Crippen molar-refractivity contribution >= 4 is 11.8 Å². The van der Waals surface area contributed by atoms with Crippen LogP contribution in [0.3, 0.4) is 0 Å². The number of hydrogen-bond acceptors (Lipinski definition) is 4. The summed E-state index contributed by atoms with van der Waals surface area (Å²) < 4.78 is 10.4. The molecule has 1 unspecified atom stereocenters. The van der Waals surface area contributed by atoms with Crippen LogP contribution in [-0.4, -0.2) is 32.9 Å². The predicted octanol–water partition coefficient (Wildman–Crippen LogP) is 1.54. The van der Waals surface area contributed by atoms with E-state index in [1.165, 1.54) is 0 Å². The zero-order chi connectivity index (χ0) is 13.1. The molecule has 0 aromatic heterocycles. The maximum Gasteiger partial charge on any atom is 0.414 e. The number of anilines is 1. The standard InChI is InChI=1S/C13H18N2O3/c1-9-3-4-12(17-2)11(5-9)15-7-10(6-14)8-18-13(15)16/h3-5,10H,6-8,14H2,1-2H3. The van der Waals surface area contributed by atoms with Crippen molar-refractivity contribution in [1.82, 2.24) is 0 Å². The van der Waals surface area contributed by atoms with Gasteiger partial charge in [0.2, 0.25) is 0 Å².